The van der Waals surface area contributed by atoms with Crippen molar-refractivity contribution in [2.75, 3.05) is 13.2 Å². The first kappa shape index (κ1) is 18.3. The Hall–Kier alpha value is -2.53. The summed E-state index contributed by atoms with van der Waals surface area (Å²) in [6, 6.07) is 14.2. The van der Waals surface area contributed by atoms with E-state index in [-0.39, 0.29) is 19.1 Å². The minimum absolute atomic E-state index is 0.188. The zero-order chi connectivity index (χ0) is 18.7. The highest BCUT2D eigenvalue weighted by Crippen LogP contribution is 2.33. The van der Waals surface area contributed by atoms with Gasteiger partial charge in [0.15, 0.2) is 0 Å². The van der Waals surface area contributed by atoms with Gasteiger partial charge in [0.2, 0.25) is 0 Å². The number of carbonyl (C=O) groups excluding carboxylic acids is 2. The Bertz CT molecular complexity index is 805. The molecule has 0 aromatic heterocycles. The van der Waals surface area contributed by atoms with Gasteiger partial charge in [-0.2, -0.15) is 0 Å². The smallest absolute Gasteiger partial charge is 0.325 e. The molecular formula is C20H21ClN2O3. The van der Waals surface area contributed by atoms with Crippen molar-refractivity contribution in [1.82, 2.24) is 10.2 Å². The van der Waals surface area contributed by atoms with Crippen molar-refractivity contribution in [2.24, 2.45) is 0 Å². The predicted molar refractivity (Wildman–Crippen MR) is 100 cm³/mol. The Morgan fingerprint density at radius 1 is 1.08 bits per heavy atom. The van der Waals surface area contributed by atoms with Crippen LogP contribution >= 0.6 is 11.6 Å². The molecule has 2 aromatic carbocycles. The summed E-state index contributed by atoms with van der Waals surface area (Å²) in [5.74, 6) is 0.446. The molecule has 1 N–H and O–H groups in total. The van der Waals surface area contributed by atoms with Crippen molar-refractivity contribution < 1.29 is 14.3 Å². The molecule has 1 saturated heterocycles. The molecule has 1 aliphatic heterocycles. The van der Waals surface area contributed by atoms with Gasteiger partial charge in [0.25, 0.3) is 5.91 Å². The van der Waals surface area contributed by atoms with Gasteiger partial charge in [-0.1, -0.05) is 48.4 Å². The summed E-state index contributed by atoms with van der Waals surface area (Å²) in [5.41, 5.74) is 0.817. The zero-order valence-corrected chi connectivity index (χ0v) is 15.5. The lowest BCUT2D eigenvalue weighted by Gasteiger charge is -2.25. The van der Waals surface area contributed by atoms with Crippen LogP contribution in [0.5, 0.6) is 5.75 Å². The average Bonchev–Trinajstić information content (AvgIpc) is 2.89. The first-order valence-corrected chi connectivity index (χ1v) is 8.93. The molecule has 6 heteroatoms. The van der Waals surface area contributed by atoms with E-state index in [0.29, 0.717) is 17.2 Å². The molecular weight excluding hydrogens is 352 g/mol. The van der Waals surface area contributed by atoms with E-state index < -0.39 is 11.6 Å². The van der Waals surface area contributed by atoms with E-state index in [4.69, 9.17) is 16.3 Å². The van der Waals surface area contributed by atoms with Crippen LogP contribution in [0, 0.1) is 6.92 Å². The van der Waals surface area contributed by atoms with E-state index >= 15 is 0 Å². The number of ether oxygens (including phenoxy) is 1. The number of carbonyl (C=O) groups is 2. The summed E-state index contributed by atoms with van der Waals surface area (Å²) in [6.45, 7) is 4.30. The largest absolute Gasteiger partial charge is 0.492 e. The summed E-state index contributed by atoms with van der Waals surface area (Å²) in [4.78, 5) is 26.6. The molecule has 3 amide bonds. The van der Waals surface area contributed by atoms with Crippen LogP contribution in [0.2, 0.25) is 5.02 Å². The van der Waals surface area contributed by atoms with Crippen molar-refractivity contribution >= 4 is 23.5 Å². The fraction of sp³-hybridized carbons (Fsp3) is 0.300. The lowest BCUT2D eigenvalue weighted by Crippen LogP contribution is -2.43. The maximum Gasteiger partial charge on any atom is 0.325 e. The molecule has 1 atom stereocenters. The second kappa shape index (κ2) is 7.38. The Morgan fingerprint density at radius 3 is 2.35 bits per heavy atom. The van der Waals surface area contributed by atoms with E-state index in [9.17, 15) is 9.59 Å². The van der Waals surface area contributed by atoms with E-state index in [2.05, 4.69) is 5.32 Å². The summed E-state index contributed by atoms with van der Waals surface area (Å²) >= 11 is 5.94. The van der Waals surface area contributed by atoms with Gasteiger partial charge in [-0.15, -0.1) is 0 Å². The molecule has 0 saturated carbocycles. The fourth-order valence-electron chi connectivity index (χ4n) is 3.09. The number of hydrogen-bond donors (Lipinski definition) is 1. The van der Waals surface area contributed by atoms with Crippen LogP contribution in [-0.2, 0) is 10.3 Å². The van der Waals surface area contributed by atoms with E-state index in [1.54, 1.807) is 24.3 Å². The molecule has 2 aromatic rings. The van der Waals surface area contributed by atoms with Crippen LogP contribution in [0.1, 0.15) is 24.5 Å². The molecule has 3 rings (SSSR count). The molecule has 136 valence electrons. The maximum atomic E-state index is 13.0. The van der Waals surface area contributed by atoms with E-state index in [0.717, 1.165) is 11.1 Å². The number of nitrogens with zero attached hydrogens (tertiary/aromatic N) is 1. The summed E-state index contributed by atoms with van der Waals surface area (Å²) < 4.78 is 5.65. The molecule has 26 heavy (non-hydrogen) atoms. The molecule has 1 aliphatic rings. The lowest BCUT2D eigenvalue weighted by atomic mass is 9.87. The normalized spacial score (nSPS) is 19.6. The Morgan fingerprint density at radius 2 is 1.73 bits per heavy atom. The lowest BCUT2D eigenvalue weighted by molar-refractivity contribution is -0.132. The van der Waals surface area contributed by atoms with Crippen LogP contribution in [0.4, 0.5) is 4.79 Å². The summed E-state index contributed by atoms with van der Waals surface area (Å²) in [5, 5.41) is 3.43. The third kappa shape index (κ3) is 3.40. The highest BCUT2D eigenvalue weighted by molar-refractivity contribution is 6.30. The van der Waals surface area contributed by atoms with Gasteiger partial charge >= 0.3 is 6.03 Å². The molecule has 1 heterocycles. The standard InChI is InChI=1S/C20H21ClN2O3/c1-3-20(15-6-8-16(21)9-7-15)18(24)23(19(25)22-20)12-13-26-17-10-4-14(2)5-11-17/h4-11H,3,12-13H2,1-2H3,(H,22,25). The maximum absolute atomic E-state index is 13.0. The Kier molecular flexibility index (Phi) is 5.18. The second-order valence-corrected chi connectivity index (χ2v) is 6.75. The van der Waals surface area contributed by atoms with Crippen LogP contribution in [0.15, 0.2) is 48.5 Å². The molecule has 0 radical (unpaired) electrons. The van der Waals surface area contributed by atoms with Crippen LogP contribution in [0.3, 0.4) is 0 Å². The van der Waals surface area contributed by atoms with Crippen molar-refractivity contribution in [3.8, 4) is 5.75 Å². The Balaban J connectivity index is 1.71. The highest BCUT2D eigenvalue weighted by atomic mass is 35.5. The number of hydrogen-bond acceptors (Lipinski definition) is 3. The van der Waals surface area contributed by atoms with Crippen molar-refractivity contribution in [3.63, 3.8) is 0 Å². The van der Waals surface area contributed by atoms with Gasteiger partial charge in [0.1, 0.15) is 17.9 Å². The van der Waals surface area contributed by atoms with E-state index in [1.807, 2.05) is 38.1 Å². The number of aryl methyl sites for hydroxylation is 1. The number of amides is 3. The number of urea groups is 1. The predicted octanol–water partition coefficient (Wildman–Crippen LogP) is 3.88. The van der Waals surface area contributed by atoms with Crippen molar-refractivity contribution in [3.05, 3.63) is 64.7 Å². The minimum Gasteiger partial charge on any atom is -0.492 e. The number of imide groups is 1. The monoisotopic (exact) mass is 372 g/mol. The first-order valence-electron chi connectivity index (χ1n) is 8.56. The summed E-state index contributed by atoms with van der Waals surface area (Å²) in [7, 11) is 0. The average molecular weight is 373 g/mol. The van der Waals surface area contributed by atoms with Gasteiger partial charge in [-0.3, -0.25) is 9.69 Å². The Labute approximate surface area is 157 Å². The molecule has 0 aliphatic carbocycles. The van der Waals surface area contributed by atoms with Gasteiger partial charge in [0.05, 0.1) is 6.54 Å². The fourth-order valence-corrected chi connectivity index (χ4v) is 3.22. The van der Waals surface area contributed by atoms with Gasteiger partial charge in [-0.05, 0) is 43.2 Å². The molecule has 1 unspecified atom stereocenters. The molecule has 0 bridgehead atoms. The topological polar surface area (TPSA) is 58.6 Å². The molecule has 5 nitrogen and oxygen atoms in total. The number of benzene rings is 2. The van der Waals surface area contributed by atoms with Gasteiger partial charge < -0.3 is 10.1 Å². The quantitative estimate of drug-likeness (QED) is 0.783. The van der Waals surface area contributed by atoms with Crippen LogP contribution in [-0.4, -0.2) is 30.0 Å². The van der Waals surface area contributed by atoms with Gasteiger partial charge in [-0.25, -0.2) is 4.79 Å². The first-order chi connectivity index (χ1) is 12.5. The van der Waals surface area contributed by atoms with Crippen LogP contribution in [0.25, 0.3) is 0 Å². The highest BCUT2D eigenvalue weighted by Gasteiger charge is 2.50. The SMILES string of the molecule is CCC1(c2ccc(Cl)cc2)NC(=O)N(CCOc2ccc(C)cc2)C1=O. The molecule has 1 fully saturated rings. The minimum atomic E-state index is -1.05. The van der Waals surface area contributed by atoms with E-state index in [1.165, 1.54) is 4.90 Å². The number of nitrogens with one attached hydrogen (secondary N) is 1. The third-order valence-corrected chi connectivity index (χ3v) is 4.90. The number of halogens is 1. The van der Waals surface area contributed by atoms with Crippen LogP contribution < -0.4 is 10.1 Å². The number of rotatable bonds is 6. The van der Waals surface area contributed by atoms with Crippen molar-refractivity contribution in [1.29, 1.82) is 0 Å². The third-order valence-electron chi connectivity index (χ3n) is 4.65. The second-order valence-electron chi connectivity index (χ2n) is 6.31. The van der Waals surface area contributed by atoms with Crippen molar-refractivity contribution in [2.45, 2.75) is 25.8 Å². The zero-order valence-electron chi connectivity index (χ0n) is 14.8. The van der Waals surface area contributed by atoms with Gasteiger partial charge in [0, 0.05) is 5.02 Å². The molecule has 0 spiro atoms. The summed E-state index contributed by atoms with van der Waals surface area (Å²) in [6.07, 6.45) is 0.453.